The number of aromatic nitrogens is 3. The van der Waals surface area contributed by atoms with Crippen LogP contribution in [0.4, 0.5) is 0 Å². The summed E-state index contributed by atoms with van der Waals surface area (Å²) in [7, 11) is 0. The van der Waals surface area contributed by atoms with Crippen molar-refractivity contribution in [1.82, 2.24) is 14.6 Å². The van der Waals surface area contributed by atoms with Crippen molar-refractivity contribution in [2.75, 3.05) is 0 Å². The highest BCUT2D eigenvalue weighted by Crippen LogP contribution is 2.22. The molecule has 0 radical (unpaired) electrons. The van der Waals surface area contributed by atoms with E-state index in [4.69, 9.17) is 9.52 Å². The molecule has 0 aliphatic carbocycles. The average Bonchev–Trinajstić information content (AvgIpc) is 2.93. The van der Waals surface area contributed by atoms with Crippen molar-refractivity contribution in [2.24, 2.45) is 0 Å². The second-order valence-corrected chi connectivity index (χ2v) is 3.81. The number of furan rings is 1. The van der Waals surface area contributed by atoms with E-state index in [0.29, 0.717) is 22.8 Å². The minimum atomic E-state index is -1.04. The lowest BCUT2D eigenvalue weighted by Gasteiger charge is -2.00. The maximum atomic E-state index is 11.2. The van der Waals surface area contributed by atoms with Crippen molar-refractivity contribution in [1.29, 1.82) is 0 Å². The first-order chi connectivity index (χ1) is 8.68. The van der Waals surface area contributed by atoms with Crippen LogP contribution >= 0.6 is 0 Å². The summed E-state index contributed by atoms with van der Waals surface area (Å²) < 4.78 is 6.78. The highest BCUT2D eigenvalue weighted by molar-refractivity contribution is 5.96. The van der Waals surface area contributed by atoms with Crippen LogP contribution in [0.5, 0.6) is 0 Å². The number of nitrogens with zero attached hydrogens (tertiary/aromatic N) is 3. The van der Waals surface area contributed by atoms with Gasteiger partial charge in [0.25, 0.3) is 0 Å². The molecule has 0 aromatic carbocycles. The SMILES string of the molecule is Cc1nn2c(-c3ccco3)ccnc2c1C(=O)O. The number of aryl methyl sites for hydroxylation is 1. The summed E-state index contributed by atoms with van der Waals surface area (Å²) in [5.41, 5.74) is 1.52. The van der Waals surface area contributed by atoms with Crippen LogP contribution in [-0.2, 0) is 0 Å². The number of carbonyl (C=O) groups is 1. The van der Waals surface area contributed by atoms with Crippen molar-refractivity contribution in [2.45, 2.75) is 6.92 Å². The minimum absolute atomic E-state index is 0.114. The van der Waals surface area contributed by atoms with Gasteiger partial charge in [0.15, 0.2) is 11.4 Å². The maximum absolute atomic E-state index is 11.2. The Labute approximate surface area is 101 Å². The number of hydrogen-bond acceptors (Lipinski definition) is 4. The predicted molar refractivity (Wildman–Crippen MR) is 62.4 cm³/mol. The number of carboxylic acid groups (broad SMARTS) is 1. The van der Waals surface area contributed by atoms with E-state index in [9.17, 15) is 4.79 Å². The Morgan fingerprint density at radius 1 is 1.44 bits per heavy atom. The zero-order valence-corrected chi connectivity index (χ0v) is 9.49. The van der Waals surface area contributed by atoms with Gasteiger partial charge in [-0.05, 0) is 25.1 Å². The third-order valence-corrected chi connectivity index (χ3v) is 2.68. The van der Waals surface area contributed by atoms with Crippen molar-refractivity contribution in [3.8, 4) is 11.5 Å². The predicted octanol–water partition coefficient (Wildman–Crippen LogP) is 2.00. The Bertz CT molecular complexity index is 728. The Morgan fingerprint density at radius 2 is 2.28 bits per heavy atom. The standard InChI is InChI=1S/C12H9N3O3/c1-7-10(12(16)17)11-13-5-4-8(15(11)14-7)9-3-2-6-18-9/h2-6H,1H3,(H,16,17). The monoisotopic (exact) mass is 243 g/mol. The molecule has 0 saturated carbocycles. The van der Waals surface area contributed by atoms with Crippen LogP contribution in [0.2, 0.25) is 0 Å². The summed E-state index contributed by atoms with van der Waals surface area (Å²) in [4.78, 5) is 15.2. The number of rotatable bonds is 2. The van der Waals surface area contributed by atoms with Crippen LogP contribution in [0.1, 0.15) is 16.1 Å². The molecule has 0 aliphatic heterocycles. The molecule has 3 aromatic heterocycles. The maximum Gasteiger partial charge on any atom is 0.341 e. The Hall–Kier alpha value is -2.63. The summed E-state index contributed by atoms with van der Waals surface area (Å²) in [5, 5.41) is 13.4. The third-order valence-electron chi connectivity index (χ3n) is 2.68. The molecular weight excluding hydrogens is 234 g/mol. The lowest BCUT2D eigenvalue weighted by molar-refractivity contribution is 0.0698. The highest BCUT2D eigenvalue weighted by Gasteiger charge is 2.19. The van der Waals surface area contributed by atoms with E-state index in [1.165, 1.54) is 4.52 Å². The topological polar surface area (TPSA) is 80.6 Å². The van der Waals surface area contributed by atoms with Gasteiger partial charge >= 0.3 is 5.97 Å². The molecule has 0 spiro atoms. The summed E-state index contributed by atoms with van der Waals surface area (Å²) in [6.07, 6.45) is 3.09. The molecule has 1 N–H and O–H groups in total. The molecule has 3 heterocycles. The zero-order chi connectivity index (χ0) is 12.7. The summed E-state index contributed by atoms with van der Waals surface area (Å²) >= 11 is 0. The molecule has 0 fully saturated rings. The zero-order valence-electron chi connectivity index (χ0n) is 9.49. The van der Waals surface area contributed by atoms with E-state index in [0.717, 1.165) is 0 Å². The van der Waals surface area contributed by atoms with Crippen LogP contribution in [0.15, 0.2) is 35.1 Å². The molecule has 3 rings (SSSR count). The minimum Gasteiger partial charge on any atom is -0.477 e. The molecular formula is C12H9N3O3. The smallest absolute Gasteiger partial charge is 0.341 e. The fraction of sp³-hybridized carbons (Fsp3) is 0.0833. The van der Waals surface area contributed by atoms with Gasteiger partial charge < -0.3 is 9.52 Å². The van der Waals surface area contributed by atoms with Gasteiger partial charge in [-0.2, -0.15) is 5.10 Å². The highest BCUT2D eigenvalue weighted by atomic mass is 16.4. The molecule has 3 aromatic rings. The van der Waals surface area contributed by atoms with Gasteiger partial charge in [0, 0.05) is 6.20 Å². The molecule has 6 nitrogen and oxygen atoms in total. The summed E-state index contributed by atoms with van der Waals surface area (Å²) in [5.74, 6) is -0.423. The second kappa shape index (κ2) is 3.69. The number of aromatic carboxylic acids is 1. The van der Waals surface area contributed by atoms with Crippen molar-refractivity contribution >= 4 is 11.6 Å². The van der Waals surface area contributed by atoms with Gasteiger partial charge in [0.1, 0.15) is 11.3 Å². The number of hydrogen-bond donors (Lipinski definition) is 1. The summed E-state index contributed by atoms with van der Waals surface area (Å²) in [6, 6.07) is 5.27. The molecule has 0 atom stereocenters. The molecule has 0 saturated heterocycles. The van der Waals surface area contributed by atoms with Crippen LogP contribution < -0.4 is 0 Å². The van der Waals surface area contributed by atoms with Crippen molar-refractivity contribution < 1.29 is 14.3 Å². The van der Waals surface area contributed by atoms with Crippen LogP contribution in [0.25, 0.3) is 17.1 Å². The summed E-state index contributed by atoms with van der Waals surface area (Å²) in [6.45, 7) is 1.64. The fourth-order valence-electron chi connectivity index (χ4n) is 1.91. The van der Waals surface area contributed by atoms with Crippen molar-refractivity contribution in [3.63, 3.8) is 0 Å². The molecule has 18 heavy (non-hydrogen) atoms. The molecule has 0 aliphatic rings. The van der Waals surface area contributed by atoms with E-state index >= 15 is 0 Å². The molecule has 0 bridgehead atoms. The van der Waals surface area contributed by atoms with Gasteiger partial charge in [-0.3, -0.25) is 0 Å². The van der Waals surface area contributed by atoms with Gasteiger partial charge in [-0.25, -0.2) is 14.3 Å². The average molecular weight is 243 g/mol. The third kappa shape index (κ3) is 1.39. The van der Waals surface area contributed by atoms with E-state index in [1.807, 2.05) is 0 Å². The molecule has 0 amide bonds. The van der Waals surface area contributed by atoms with Gasteiger partial charge in [0.2, 0.25) is 0 Å². The first kappa shape index (κ1) is 10.5. The quantitative estimate of drug-likeness (QED) is 0.744. The van der Waals surface area contributed by atoms with Gasteiger partial charge in [-0.1, -0.05) is 0 Å². The van der Waals surface area contributed by atoms with E-state index in [2.05, 4.69) is 10.1 Å². The molecule has 6 heteroatoms. The van der Waals surface area contributed by atoms with Gasteiger partial charge in [-0.15, -0.1) is 0 Å². The van der Waals surface area contributed by atoms with Crippen molar-refractivity contribution in [3.05, 3.63) is 41.9 Å². The Morgan fingerprint density at radius 3 is 2.94 bits per heavy atom. The first-order valence-corrected chi connectivity index (χ1v) is 5.30. The largest absolute Gasteiger partial charge is 0.477 e. The lowest BCUT2D eigenvalue weighted by atomic mass is 10.2. The van der Waals surface area contributed by atoms with Crippen LogP contribution in [0.3, 0.4) is 0 Å². The molecule has 0 unspecified atom stereocenters. The fourth-order valence-corrected chi connectivity index (χ4v) is 1.91. The van der Waals surface area contributed by atoms with Crippen LogP contribution in [0, 0.1) is 6.92 Å². The Kier molecular flexibility index (Phi) is 2.16. The number of carboxylic acids is 1. The van der Waals surface area contributed by atoms with E-state index in [1.54, 1.807) is 37.6 Å². The molecule has 90 valence electrons. The van der Waals surface area contributed by atoms with E-state index in [-0.39, 0.29) is 5.56 Å². The first-order valence-electron chi connectivity index (χ1n) is 5.30. The van der Waals surface area contributed by atoms with E-state index < -0.39 is 5.97 Å². The Balaban J connectivity index is 2.37. The van der Waals surface area contributed by atoms with Gasteiger partial charge in [0.05, 0.1) is 12.0 Å². The normalized spacial score (nSPS) is 10.9. The lowest BCUT2D eigenvalue weighted by Crippen LogP contribution is -1.99. The second-order valence-electron chi connectivity index (χ2n) is 3.81. The van der Waals surface area contributed by atoms with Crippen LogP contribution in [-0.4, -0.2) is 25.7 Å². The number of fused-ring (bicyclic) bond motifs is 1.